The maximum atomic E-state index is 11.2. The summed E-state index contributed by atoms with van der Waals surface area (Å²) in [5, 5.41) is 5.30. The van der Waals surface area contributed by atoms with Crippen molar-refractivity contribution in [2.75, 3.05) is 0 Å². The van der Waals surface area contributed by atoms with Gasteiger partial charge in [-0.25, -0.2) is 18.5 Å². The molecule has 0 saturated carbocycles. The van der Waals surface area contributed by atoms with E-state index in [1.807, 2.05) is 0 Å². The Kier molecular flexibility index (Phi) is 4.79. The van der Waals surface area contributed by atoms with Crippen molar-refractivity contribution in [1.82, 2.24) is 4.98 Å². The van der Waals surface area contributed by atoms with Crippen LogP contribution in [0.4, 0.5) is 0 Å². The largest absolute Gasteiger partial charge is 0.249 e. The molecule has 0 aliphatic carbocycles. The summed E-state index contributed by atoms with van der Waals surface area (Å²) < 4.78 is 22.4. The highest BCUT2D eigenvalue weighted by Crippen LogP contribution is 2.49. The zero-order valence-corrected chi connectivity index (χ0v) is 14.5. The van der Waals surface area contributed by atoms with Gasteiger partial charge in [0.2, 0.25) is 10.0 Å². The first-order chi connectivity index (χ1) is 9.14. The lowest BCUT2D eigenvalue weighted by Crippen LogP contribution is -2.09. The molecule has 0 bridgehead atoms. The lowest BCUT2D eigenvalue weighted by atomic mass is 10.2. The van der Waals surface area contributed by atoms with E-state index >= 15 is 0 Å². The minimum absolute atomic E-state index is 0.00471. The summed E-state index contributed by atoms with van der Waals surface area (Å²) >= 11 is 30.6. The predicted molar refractivity (Wildman–Crippen MR) is 84.0 cm³/mol. The van der Waals surface area contributed by atoms with Crippen molar-refractivity contribution in [3.8, 4) is 10.6 Å². The fourth-order valence-corrected chi connectivity index (χ4v) is 4.34. The van der Waals surface area contributed by atoms with Gasteiger partial charge in [-0.1, -0.05) is 58.0 Å². The van der Waals surface area contributed by atoms with Crippen LogP contribution in [0.3, 0.4) is 0 Å². The lowest BCUT2D eigenvalue weighted by Gasteiger charge is -2.10. The van der Waals surface area contributed by atoms with E-state index in [1.54, 1.807) is 0 Å². The molecule has 2 rings (SSSR count). The summed E-state index contributed by atoms with van der Waals surface area (Å²) in [5.41, 5.74) is 0.202. The molecule has 2 N–H and O–H groups in total. The van der Waals surface area contributed by atoms with E-state index in [9.17, 15) is 8.42 Å². The number of nitrogens with two attached hydrogens (primary N) is 1. The van der Waals surface area contributed by atoms with E-state index in [0.717, 1.165) is 17.5 Å². The Bertz CT molecular complexity index is 774. The van der Waals surface area contributed by atoms with Crippen LogP contribution in [0.2, 0.25) is 25.1 Å². The second-order valence-electron chi connectivity index (χ2n) is 3.47. The molecule has 108 valence electrons. The molecule has 0 saturated heterocycles. The Hall–Kier alpha value is 0.210. The third-order valence-electron chi connectivity index (χ3n) is 2.19. The average Bonchev–Trinajstić information content (AvgIpc) is 2.83. The Labute approximate surface area is 143 Å². The monoisotopic (exact) mass is 410 g/mol. The molecule has 1 aromatic heterocycles. The smallest absolute Gasteiger partial charge is 0.243 e. The van der Waals surface area contributed by atoms with Gasteiger partial charge in [-0.15, -0.1) is 11.3 Å². The molecule has 1 heterocycles. The van der Waals surface area contributed by atoms with Crippen LogP contribution in [0, 0.1) is 0 Å². The molecule has 4 nitrogen and oxygen atoms in total. The first-order valence-corrected chi connectivity index (χ1v) is 8.90. The standard InChI is InChI=1S/C9H3Cl5N2O2S2/c10-4-3(5(11)7(13)8(14)6(4)12)9-16-1-2(19-9)20(15,17)18/h1H,(H2,15,17,18). The minimum Gasteiger partial charge on any atom is -0.243 e. The maximum absolute atomic E-state index is 11.2. The summed E-state index contributed by atoms with van der Waals surface area (Å²) in [4.78, 5) is 3.92. The van der Waals surface area contributed by atoms with Crippen LogP contribution in [0.5, 0.6) is 0 Å². The highest BCUT2D eigenvalue weighted by Gasteiger charge is 2.23. The van der Waals surface area contributed by atoms with Crippen molar-refractivity contribution < 1.29 is 8.42 Å². The lowest BCUT2D eigenvalue weighted by molar-refractivity contribution is 0.599. The Morgan fingerprint density at radius 2 is 1.40 bits per heavy atom. The Balaban J connectivity index is 2.74. The van der Waals surface area contributed by atoms with Crippen LogP contribution in [0.25, 0.3) is 10.6 Å². The molecule has 0 radical (unpaired) electrons. The summed E-state index contributed by atoms with van der Waals surface area (Å²) in [5.74, 6) is 0. The maximum Gasteiger partial charge on any atom is 0.249 e. The van der Waals surface area contributed by atoms with Gasteiger partial charge in [0.05, 0.1) is 36.9 Å². The van der Waals surface area contributed by atoms with Crippen molar-refractivity contribution in [3.05, 3.63) is 31.3 Å². The van der Waals surface area contributed by atoms with E-state index in [0.29, 0.717) is 0 Å². The second-order valence-corrected chi connectivity index (χ2v) is 8.18. The fourth-order valence-electron chi connectivity index (χ4n) is 1.30. The quantitative estimate of drug-likeness (QED) is 0.573. The SMILES string of the molecule is NS(=O)(=O)c1cnc(-c2c(Cl)c(Cl)c(Cl)c(Cl)c2Cl)s1. The van der Waals surface area contributed by atoms with Gasteiger partial charge in [-0.3, -0.25) is 0 Å². The molecule has 0 aliphatic heterocycles. The van der Waals surface area contributed by atoms with Gasteiger partial charge in [0.25, 0.3) is 0 Å². The summed E-state index contributed by atoms with van der Waals surface area (Å²) in [6.07, 6.45) is 1.10. The third kappa shape index (κ3) is 2.89. The molecule has 0 spiro atoms. The Morgan fingerprint density at radius 1 is 0.950 bits per heavy atom. The molecule has 0 amide bonds. The zero-order valence-electron chi connectivity index (χ0n) is 9.12. The summed E-state index contributed by atoms with van der Waals surface area (Å²) in [6.45, 7) is 0. The van der Waals surface area contributed by atoms with E-state index in [1.165, 1.54) is 0 Å². The van der Waals surface area contributed by atoms with Crippen molar-refractivity contribution in [2.45, 2.75) is 4.21 Å². The number of nitrogens with zero attached hydrogens (tertiary/aromatic N) is 1. The van der Waals surface area contributed by atoms with Crippen molar-refractivity contribution in [1.29, 1.82) is 0 Å². The molecule has 0 atom stereocenters. The molecular formula is C9H3Cl5N2O2S2. The van der Waals surface area contributed by atoms with Crippen molar-refractivity contribution >= 4 is 79.4 Å². The van der Waals surface area contributed by atoms with Crippen LogP contribution < -0.4 is 5.14 Å². The normalized spacial score (nSPS) is 11.9. The van der Waals surface area contributed by atoms with Crippen LogP contribution in [-0.2, 0) is 10.0 Å². The molecule has 11 heteroatoms. The third-order valence-corrected chi connectivity index (χ3v) is 6.89. The van der Waals surface area contributed by atoms with Gasteiger partial charge >= 0.3 is 0 Å². The van der Waals surface area contributed by atoms with Gasteiger partial charge in [0, 0.05) is 0 Å². The second kappa shape index (κ2) is 5.78. The first kappa shape index (κ1) is 16.6. The molecule has 20 heavy (non-hydrogen) atoms. The number of hydrogen-bond acceptors (Lipinski definition) is 4. The topological polar surface area (TPSA) is 73.1 Å². The summed E-state index contributed by atoms with van der Waals surface area (Å²) in [6, 6.07) is 0. The van der Waals surface area contributed by atoms with Crippen LogP contribution >= 0.6 is 69.3 Å². The minimum atomic E-state index is -3.87. The van der Waals surface area contributed by atoms with E-state index in [4.69, 9.17) is 63.1 Å². The highest BCUT2D eigenvalue weighted by molar-refractivity contribution is 7.91. The van der Waals surface area contributed by atoms with E-state index < -0.39 is 10.0 Å². The van der Waals surface area contributed by atoms with E-state index in [2.05, 4.69) is 4.98 Å². The van der Waals surface area contributed by atoms with Gasteiger partial charge in [-0.05, 0) is 0 Å². The molecule has 0 aliphatic rings. The number of sulfonamides is 1. The number of hydrogen-bond donors (Lipinski definition) is 1. The van der Waals surface area contributed by atoms with Crippen LogP contribution in [0.15, 0.2) is 10.4 Å². The summed E-state index contributed by atoms with van der Waals surface area (Å²) in [7, 11) is -3.87. The van der Waals surface area contributed by atoms with Gasteiger partial charge < -0.3 is 0 Å². The van der Waals surface area contributed by atoms with Crippen molar-refractivity contribution in [3.63, 3.8) is 0 Å². The number of thiazole rings is 1. The van der Waals surface area contributed by atoms with Crippen molar-refractivity contribution in [2.24, 2.45) is 5.14 Å². The zero-order chi connectivity index (χ0) is 15.2. The fraction of sp³-hybridized carbons (Fsp3) is 0. The van der Waals surface area contributed by atoms with Crippen LogP contribution in [0.1, 0.15) is 0 Å². The number of primary sulfonamides is 1. The first-order valence-electron chi connectivity index (χ1n) is 4.65. The average molecular weight is 413 g/mol. The number of benzene rings is 1. The highest BCUT2D eigenvalue weighted by atomic mass is 35.5. The molecule has 1 aromatic carbocycles. The number of rotatable bonds is 2. The molecule has 0 fully saturated rings. The Morgan fingerprint density at radius 3 is 1.80 bits per heavy atom. The van der Waals surface area contributed by atoms with Crippen LogP contribution in [-0.4, -0.2) is 13.4 Å². The van der Waals surface area contributed by atoms with Gasteiger partial charge in [0.15, 0.2) is 4.21 Å². The van der Waals surface area contributed by atoms with E-state index in [-0.39, 0.29) is 39.9 Å². The molecular weight excluding hydrogens is 410 g/mol. The predicted octanol–water partition coefficient (Wildman–Crippen LogP) is 4.72. The number of halogens is 5. The van der Waals surface area contributed by atoms with Gasteiger partial charge in [-0.2, -0.15) is 0 Å². The van der Waals surface area contributed by atoms with Gasteiger partial charge in [0.1, 0.15) is 5.01 Å². The molecule has 2 aromatic rings. The molecule has 0 unspecified atom stereocenters. The number of aromatic nitrogens is 1.